The molecule has 0 amide bonds. The molecule has 0 bridgehead atoms. The van der Waals surface area contributed by atoms with Crippen LogP contribution >= 0.6 is 0 Å². The lowest BCUT2D eigenvalue weighted by Crippen LogP contribution is -2.38. The average Bonchev–Trinajstić information content (AvgIpc) is 3.05. The van der Waals surface area contributed by atoms with Crippen LogP contribution < -0.4 is 5.32 Å². The van der Waals surface area contributed by atoms with Gasteiger partial charge in [-0.05, 0) is 19.3 Å². The van der Waals surface area contributed by atoms with E-state index in [0.717, 1.165) is 13.0 Å². The monoisotopic (exact) mass is 215 g/mol. The van der Waals surface area contributed by atoms with Gasteiger partial charge in [0.1, 0.15) is 0 Å². The number of nitrogens with one attached hydrogen (secondary N) is 1. The minimum Gasteiger partial charge on any atom is -0.395 e. The minimum atomic E-state index is 0.142. The van der Waals surface area contributed by atoms with Crippen molar-refractivity contribution in [2.45, 2.75) is 57.5 Å². The van der Waals surface area contributed by atoms with Crippen LogP contribution in [0.2, 0.25) is 0 Å². The Hall–Kier alpha value is -0.120. The van der Waals surface area contributed by atoms with Crippen molar-refractivity contribution in [2.75, 3.05) is 19.8 Å². The summed E-state index contributed by atoms with van der Waals surface area (Å²) in [6.45, 7) is 3.88. The Balaban J connectivity index is 1.87. The third-order valence-corrected chi connectivity index (χ3v) is 2.73. The number of hydrogen-bond acceptors (Lipinski definition) is 3. The molecule has 1 unspecified atom stereocenters. The van der Waals surface area contributed by atoms with Crippen molar-refractivity contribution < 1.29 is 9.84 Å². The zero-order chi connectivity index (χ0) is 10.9. The largest absolute Gasteiger partial charge is 0.395 e. The number of ether oxygens (including phenoxy) is 1. The van der Waals surface area contributed by atoms with E-state index in [2.05, 4.69) is 12.2 Å². The van der Waals surface area contributed by atoms with Gasteiger partial charge in [0, 0.05) is 12.6 Å². The molecule has 0 spiro atoms. The van der Waals surface area contributed by atoms with Crippen LogP contribution in [-0.4, -0.2) is 37.0 Å². The maximum absolute atomic E-state index is 9.10. The molecule has 3 nitrogen and oxygen atoms in total. The topological polar surface area (TPSA) is 41.5 Å². The number of unbranched alkanes of at least 4 members (excludes halogenated alkanes) is 3. The van der Waals surface area contributed by atoms with Gasteiger partial charge in [-0.2, -0.15) is 0 Å². The molecule has 1 aliphatic carbocycles. The highest BCUT2D eigenvalue weighted by atomic mass is 16.5. The fourth-order valence-corrected chi connectivity index (χ4v) is 1.59. The number of aliphatic hydroxyl groups is 1. The van der Waals surface area contributed by atoms with Gasteiger partial charge in [0.25, 0.3) is 0 Å². The van der Waals surface area contributed by atoms with E-state index in [1.165, 1.54) is 32.1 Å². The van der Waals surface area contributed by atoms with Crippen molar-refractivity contribution in [2.24, 2.45) is 0 Å². The maximum Gasteiger partial charge on any atom is 0.0642 e. The van der Waals surface area contributed by atoms with E-state index in [1.807, 2.05) is 0 Å². The molecule has 0 saturated heterocycles. The highest BCUT2D eigenvalue weighted by molar-refractivity contribution is 4.84. The highest BCUT2D eigenvalue weighted by Crippen LogP contribution is 2.19. The third-order valence-electron chi connectivity index (χ3n) is 2.73. The van der Waals surface area contributed by atoms with Gasteiger partial charge in [0.05, 0.1) is 19.3 Å². The predicted molar refractivity (Wildman–Crippen MR) is 62.0 cm³/mol. The predicted octanol–water partition coefficient (Wildman–Crippen LogP) is 1.70. The van der Waals surface area contributed by atoms with Gasteiger partial charge in [-0.25, -0.2) is 0 Å². The Morgan fingerprint density at radius 3 is 2.73 bits per heavy atom. The first kappa shape index (κ1) is 12.9. The highest BCUT2D eigenvalue weighted by Gasteiger charge is 2.24. The van der Waals surface area contributed by atoms with Gasteiger partial charge in [-0.3, -0.25) is 0 Å². The molecular weight excluding hydrogens is 190 g/mol. The molecule has 1 rings (SSSR count). The van der Waals surface area contributed by atoms with E-state index in [4.69, 9.17) is 9.84 Å². The van der Waals surface area contributed by atoms with Gasteiger partial charge in [-0.15, -0.1) is 0 Å². The molecule has 0 aromatic rings. The van der Waals surface area contributed by atoms with Gasteiger partial charge in [0.15, 0.2) is 0 Å². The van der Waals surface area contributed by atoms with Crippen LogP contribution in [0, 0.1) is 0 Å². The third kappa shape index (κ3) is 6.88. The lowest BCUT2D eigenvalue weighted by Gasteiger charge is -2.15. The second-order valence-electron chi connectivity index (χ2n) is 4.46. The Kier molecular flexibility index (Phi) is 6.98. The van der Waals surface area contributed by atoms with E-state index >= 15 is 0 Å². The normalized spacial score (nSPS) is 18.0. The van der Waals surface area contributed by atoms with Crippen molar-refractivity contribution in [1.29, 1.82) is 0 Å². The van der Waals surface area contributed by atoms with Crippen LogP contribution in [0.15, 0.2) is 0 Å². The molecule has 0 heterocycles. The lowest BCUT2D eigenvalue weighted by molar-refractivity contribution is 0.0854. The molecular formula is C12H25NO2. The summed E-state index contributed by atoms with van der Waals surface area (Å²) in [7, 11) is 0. The zero-order valence-electron chi connectivity index (χ0n) is 9.87. The Labute approximate surface area is 93.2 Å². The zero-order valence-corrected chi connectivity index (χ0v) is 9.87. The van der Waals surface area contributed by atoms with Gasteiger partial charge in [0.2, 0.25) is 0 Å². The molecule has 0 radical (unpaired) electrons. The molecule has 0 aromatic heterocycles. The van der Waals surface area contributed by atoms with E-state index in [-0.39, 0.29) is 12.6 Å². The summed E-state index contributed by atoms with van der Waals surface area (Å²) in [4.78, 5) is 0. The fraction of sp³-hybridized carbons (Fsp3) is 1.00. The van der Waals surface area contributed by atoms with Crippen molar-refractivity contribution >= 4 is 0 Å². The molecule has 2 N–H and O–H groups in total. The molecule has 3 heteroatoms. The van der Waals surface area contributed by atoms with Crippen LogP contribution in [0.1, 0.15) is 45.4 Å². The Morgan fingerprint density at radius 1 is 1.33 bits per heavy atom. The van der Waals surface area contributed by atoms with Crippen LogP contribution in [0.4, 0.5) is 0 Å². The van der Waals surface area contributed by atoms with Crippen LogP contribution in [0.3, 0.4) is 0 Å². The molecule has 0 aromatic carbocycles. The van der Waals surface area contributed by atoms with E-state index in [9.17, 15) is 0 Å². The van der Waals surface area contributed by atoms with Crippen molar-refractivity contribution in [1.82, 2.24) is 5.32 Å². The number of rotatable bonds is 10. The average molecular weight is 215 g/mol. The standard InChI is InChI=1S/C12H25NO2/c1-2-3-4-5-8-15-10-12(9-14)13-11-6-7-11/h11-14H,2-10H2,1H3. The molecule has 1 saturated carbocycles. The van der Waals surface area contributed by atoms with Crippen molar-refractivity contribution in [3.05, 3.63) is 0 Å². The molecule has 90 valence electrons. The maximum atomic E-state index is 9.10. The summed E-state index contributed by atoms with van der Waals surface area (Å²) in [6, 6.07) is 0.787. The van der Waals surface area contributed by atoms with Crippen LogP contribution in [0.5, 0.6) is 0 Å². The second-order valence-corrected chi connectivity index (χ2v) is 4.46. The molecule has 15 heavy (non-hydrogen) atoms. The first-order chi connectivity index (χ1) is 7.36. The molecule has 0 aliphatic heterocycles. The van der Waals surface area contributed by atoms with Gasteiger partial charge in [-0.1, -0.05) is 26.2 Å². The summed E-state index contributed by atoms with van der Waals surface area (Å²) in [5.74, 6) is 0. The van der Waals surface area contributed by atoms with E-state index in [1.54, 1.807) is 0 Å². The first-order valence-electron chi connectivity index (χ1n) is 6.31. The quantitative estimate of drug-likeness (QED) is 0.545. The fourth-order valence-electron chi connectivity index (χ4n) is 1.59. The van der Waals surface area contributed by atoms with E-state index < -0.39 is 0 Å². The molecule has 1 fully saturated rings. The summed E-state index contributed by atoms with van der Waals surface area (Å²) >= 11 is 0. The smallest absolute Gasteiger partial charge is 0.0642 e. The van der Waals surface area contributed by atoms with Gasteiger partial charge < -0.3 is 15.2 Å². The number of aliphatic hydroxyl groups excluding tert-OH is 1. The summed E-state index contributed by atoms with van der Waals surface area (Å²) in [5.41, 5.74) is 0. The summed E-state index contributed by atoms with van der Waals surface area (Å²) in [5, 5.41) is 12.5. The van der Waals surface area contributed by atoms with Gasteiger partial charge >= 0.3 is 0 Å². The molecule has 1 aliphatic rings. The SMILES string of the molecule is CCCCCCOCC(CO)NC1CC1. The van der Waals surface area contributed by atoms with Crippen LogP contribution in [0.25, 0.3) is 0 Å². The summed E-state index contributed by atoms with van der Waals surface area (Å²) < 4.78 is 5.54. The van der Waals surface area contributed by atoms with E-state index in [0.29, 0.717) is 12.6 Å². The lowest BCUT2D eigenvalue weighted by atomic mass is 10.2. The van der Waals surface area contributed by atoms with Crippen molar-refractivity contribution in [3.8, 4) is 0 Å². The second kappa shape index (κ2) is 8.08. The Morgan fingerprint density at radius 2 is 2.13 bits per heavy atom. The van der Waals surface area contributed by atoms with Crippen LogP contribution in [-0.2, 0) is 4.74 Å². The first-order valence-corrected chi connectivity index (χ1v) is 6.31. The minimum absolute atomic E-state index is 0.142. The number of hydrogen-bond donors (Lipinski definition) is 2. The van der Waals surface area contributed by atoms with Crippen molar-refractivity contribution in [3.63, 3.8) is 0 Å². The summed E-state index contributed by atoms with van der Waals surface area (Å²) in [6.07, 6.45) is 7.49. The molecule has 1 atom stereocenters. The Bertz CT molecular complexity index is 149.